The second-order valence-electron chi connectivity index (χ2n) is 4.45. The zero-order valence-electron chi connectivity index (χ0n) is 11.5. The molecular weight excluding hydrogens is 242 g/mol. The van der Waals surface area contributed by atoms with Gasteiger partial charge in [-0.1, -0.05) is 13.8 Å². The molecule has 0 bridgehead atoms. The number of nitrogens with zero attached hydrogens (tertiary/aromatic N) is 3. The topological polar surface area (TPSA) is 75.6 Å². The zero-order valence-corrected chi connectivity index (χ0v) is 11.5. The van der Waals surface area contributed by atoms with Crippen LogP contribution in [0.25, 0.3) is 0 Å². The van der Waals surface area contributed by atoms with E-state index in [1.165, 1.54) is 0 Å². The van der Waals surface area contributed by atoms with E-state index in [9.17, 15) is 4.79 Å². The van der Waals surface area contributed by atoms with Crippen molar-refractivity contribution in [3.05, 3.63) is 30.1 Å². The Morgan fingerprint density at radius 2 is 2.21 bits per heavy atom. The summed E-state index contributed by atoms with van der Waals surface area (Å²) in [4.78, 5) is 18.6. The van der Waals surface area contributed by atoms with E-state index in [1.54, 1.807) is 18.6 Å². The van der Waals surface area contributed by atoms with Crippen LogP contribution in [-0.2, 0) is 0 Å². The standard InChI is InChI=1S/C13H19N5O/c1-4-10(5-2)18-9(3)11(8-16-18)17-13(19)12-14-6-7-15-12/h6-8,10H,4-5H2,1-3H3,(H,14,15)(H,17,19). The van der Waals surface area contributed by atoms with Crippen LogP contribution in [0.3, 0.4) is 0 Å². The van der Waals surface area contributed by atoms with E-state index in [2.05, 4.69) is 34.2 Å². The molecule has 0 unspecified atom stereocenters. The average molecular weight is 261 g/mol. The molecule has 0 aliphatic heterocycles. The second kappa shape index (κ2) is 5.69. The van der Waals surface area contributed by atoms with Crippen LogP contribution in [0.1, 0.15) is 49.0 Å². The Morgan fingerprint density at radius 1 is 1.47 bits per heavy atom. The van der Waals surface area contributed by atoms with Gasteiger partial charge in [0.15, 0.2) is 5.82 Å². The molecule has 0 fully saturated rings. The lowest BCUT2D eigenvalue weighted by Gasteiger charge is -2.15. The lowest BCUT2D eigenvalue weighted by Crippen LogP contribution is -2.15. The second-order valence-corrected chi connectivity index (χ2v) is 4.45. The number of rotatable bonds is 5. The molecule has 6 heteroatoms. The van der Waals surface area contributed by atoms with Gasteiger partial charge < -0.3 is 10.3 Å². The van der Waals surface area contributed by atoms with Crippen molar-refractivity contribution in [1.82, 2.24) is 19.7 Å². The lowest BCUT2D eigenvalue weighted by molar-refractivity contribution is 0.101. The monoisotopic (exact) mass is 261 g/mol. The number of anilines is 1. The van der Waals surface area contributed by atoms with E-state index in [1.807, 2.05) is 11.6 Å². The van der Waals surface area contributed by atoms with Gasteiger partial charge in [0.25, 0.3) is 5.91 Å². The molecule has 0 aliphatic carbocycles. The number of hydrogen-bond donors (Lipinski definition) is 2. The van der Waals surface area contributed by atoms with Crippen molar-refractivity contribution in [2.75, 3.05) is 5.32 Å². The van der Waals surface area contributed by atoms with Gasteiger partial charge in [0.2, 0.25) is 0 Å². The number of carbonyl (C=O) groups excluding carboxylic acids is 1. The molecule has 2 aromatic heterocycles. The van der Waals surface area contributed by atoms with E-state index in [0.29, 0.717) is 11.9 Å². The Labute approximate surface area is 112 Å². The van der Waals surface area contributed by atoms with Crippen molar-refractivity contribution in [3.63, 3.8) is 0 Å². The third kappa shape index (κ3) is 2.67. The highest BCUT2D eigenvalue weighted by Gasteiger charge is 2.16. The average Bonchev–Trinajstić information content (AvgIpc) is 3.04. The number of imidazole rings is 1. The first kappa shape index (κ1) is 13.3. The summed E-state index contributed by atoms with van der Waals surface area (Å²) in [6.07, 6.45) is 6.90. The first-order valence-electron chi connectivity index (χ1n) is 6.52. The Kier molecular flexibility index (Phi) is 3.99. The fraction of sp³-hybridized carbons (Fsp3) is 0.462. The lowest BCUT2D eigenvalue weighted by atomic mass is 10.2. The first-order chi connectivity index (χ1) is 9.17. The van der Waals surface area contributed by atoms with Gasteiger partial charge in [0, 0.05) is 12.4 Å². The predicted octanol–water partition coefficient (Wildman–Crippen LogP) is 2.53. The third-order valence-electron chi connectivity index (χ3n) is 3.29. The summed E-state index contributed by atoms with van der Waals surface area (Å²) < 4.78 is 1.97. The van der Waals surface area contributed by atoms with Crippen LogP contribution >= 0.6 is 0 Å². The zero-order chi connectivity index (χ0) is 13.8. The van der Waals surface area contributed by atoms with Crippen LogP contribution in [-0.4, -0.2) is 25.7 Å². The maximum atomic E-state index is 11.9. The quantitative estimate of drug-likeness (QED) is 0.868. The van der Waals surface area contributed by atoms with Crippen LogP contribution in [0.2, 0.25) is 0 Å². The molecule has 1 amide bonds. The summed E-state index contributed by atoms with van der Waals surface area (Å²) in [6.45, 7) is 6.23. The Hall–Kier alpha value is -2.11. The minimum absolute atomic E-state index is 0.253. The summed E-state index contributed by atoms with van der Waals surface area (Å²) in [5.41, 5.74) is 1.70. The molecule has 0 aliphatic rings. The van der Waals surface area contributed by atoms with E-state index in [0.717, 1.165) is 24.2 Å². The van der Waals surface area contributed by atoms with Gasteiger partial charge in [-0.05, 0) is 19.8 Å². The van der Waals surface area contributed by atoms with Crippen LogP contribution in [0.4, 0.5) is 5.69 Å². The normalized spacial score (nSPS) is 10.9. The van der Waals surface area contributed by atoms with Gasteiger partial charge in [-0.2, -0.15) is 5.10 Å². The SMILES string of the molecule is CCC(CC)n1ncc(NC(=O)c2ncc[nH]2)c1C. The summed E-state index contributed by atoms with van der Waals surface area (Å²) in [7, 11) is 0. The molecule has 0 aromatic carbocycles. The fourth-order valence-electron chi connectivity index (χ4n) is 2.12. The van der Waals surface area contributed by atoms with Gasteiger partial charge in [0.05, 0.1) is 23.6 Å². The number of carbonyl (C=O) groups is 1. The smallest absolute Gasteiger partial charge is 0.291 e. The van der Waals surface area contributed by atoms with Crippen LogP contribution in [0.5, 0.6) is 0 Å². The minimum atomic E-state index is -0.253. The van der Waals surface area contributed by atoms with Gasteiger partial charge >= 0.3 is 0 Å². The largest absolute Gasteiger partial charge is 0.341 e. The number of H-pyrrole nitrogens is 1. The van der Waals surface area contributed by atoms with Crippen molar-refractivity contribution in [1.29, 1.82) is 0 Å². The van der Waals surface area contributed by atoms with Crippen LogP contribution in [0, 0.1) is 6.92 Å². The van der Waals surface area contributed by atoms with Crippen molar-refractivity contribution in [2.45, 2.75) is 39.7 Å². The van der Waals surface area contributed by atoms with Crippen molar-refractivity contribution in [2.24, 2.45) is 0 Å². The van der Waals surface area contributed by atoms with E-state index < -0.39 is 0 Å². The highest BCUT2D eigenvalue weighted by Crippen LogP contribution is 2.22. The molecule has 0 spiro atoms. The molecule has 2 heterocycles. The predicted molar refractivity (Wildman–Crippen MR) is 73.1 cm³/mol. The van der Waals surface area contributed by atoms with Gasteiger partial charge in [0.1, 0.15) is 0 Å². The number of aromatic nitrogens is 4. The third-order valence-corrected chi connectivity index (χ3v) is 3.29. The Bertz CT molecular complexity index is 539. The molecule has 2 aromatic rings. The van der Waals surface area contributed by atoms with Crippen molar-refractivity contribution in [3.8, 4) is 0 Å². The maximum absolute atomic E-state index is 11.9. The molecule has 6 nitrogen and oxygen atoms in total. The van der Waals surface area contributed by atoms with E-state index in [-0.39, 0.29) is 5.91 Å². The maximum Gasteiger partial charge on any atom is 0.291 e. The molecule has 19 heavy (non-hydrogen) atoms. The molecule has 102 valence electrons. The number of hydrogen-bond acceptors (Lipinski definition) is 3. The van der Waals surface area contributed by atoms with Crippen LogP contribution < -0.4 is 5.32 Å². The molecule has 0 atom stereocenters. The number of aromatic amines is 1. The van der Waals surface area contributed by atoms with Crippen molar-refractivity contribution >= 4 is 11.6 Å². The minimum Gasteiger partial charge on any atom is -0.341 e. The molecule has 0 radical (unpaired) electrons. The van der Waals surface area contributed by atoms with E-state index >= 15 is 0 Å². The van der Waals surface area contributed by atoms with Gasteiger partial charge in [-0.25, -0.2) is 4.98 Å². The Morgan fingerprint density at radius 3 is 2.79 bits per heavy atom. The highest BCUT2D eigenvalue weighted by atomic mass is 16.2. The molecular formula is C13H19N5O. The van der Waals surface area contributed by atoms with E-state index in [4.69, 9.17) is 0 Å². The number of nitrogens with one attached hydrogen (secondary N) is 2. The first-order valence-corrected chi connectivity index (χ1v) is 6.52. The summed E-state index contributed by atoms with van der Waals surface area (Å²) in [6, 6.07) is 0.370. The molecule has 2 N–H and O–H groups in total. The van der Waals surface area contributed by atoms with Gasteiger partial charge in [-0.15, -0.1) is 0 Å². The molecule has 0 saturated heterocycles. The summed E-state index contributed by atoms with van der Waals surface area (Å²) >= 11 is 0. The molecule has 0 saturated carbocycles. The summed E-state index contributed by atoms with van der Waals surface area (Å²) in [5, 5.41) is 7.18. The van der Waals surface area contributed by atoms with Crippen molar-refractivity contribution < 1.29 is 4.79 Å². The van der Waals surface area contributed by atoms with Crippen LogP contribution in [0.15, 0.2) is 18.6 Å². The highest BCUT2D eigenvalue weighted by molar-refractivity contribution is 6.01. The number of amides is 1. The Balaban J connectivity index is 2.16. The fourth-order valence-corrected chi connectivity index (χ4v) is 2.12. The molecule has 2 rings (SSSR count). The summed E-state index contributed by atoms with van der Waals surface area (Å²) in [5.74, 6) is 0.0480. The van der Waals surface area contributed by atoms with Gasteiger partial charge in [-0.3, -0.25) is 9.48 Å².